The Morgan fingerprint density at radius 1 is 0.982 bits per heavy atom. The molecule has 7 atom stereocenters. The van der Waals surface area contributed by atoms with E-state index in [0.29, 0.717) is 63.7 Å². The Kier molecular flexibility index (Phi) is 11.8. The highest BCUT2D eigenvalue weighted by atomic mass is 35.5. The molecular formula is C44H62ClN5O6S. The second-order valence-corrected chi connectivity index (χ2v) is 21.0. The third-order valence-corrected chi connectivity index (χ3v) is 16.9. The van der Waals surface area contributed by atoms with Gasteiger partial charge in [0, 0.05) is 93.9 Å². The molecule has 2 N–H and O–H groups in total. The normalized spacial score (nSPS) is 33.8. The van der Waals surface area contributed by atoms with Gasteiger partial charge in [0.15, 0.2) is 0 Å². The molecule has 3 fully saturated rings. The van der Waals surface area contributed by atoms with E-state index in [9.17, 15) is 23.1 Å². The van der Waals surface area contributed by atoms with Crippen molar-refractivity contribution in [1.29, 1.82) is 0 Å². The first kappa shape index (κ1) is 41.0. The number of piperazine rings is 2. The number of rotatable bonds is 5. The Morgan fingerprint density at radius 2 is 1.77 bits per heavy atom. The second kappa shape index (κ2) is 16.4. The zero-order valence-electron chi connectivity index (χ0n) is 34.1. The topological polar surface area (TPSA) is 123 Å². The summed E-state index contributed by atoms with van der Waals surface area (Å²) < 4.78 is 36.4. The molecule has 6 aliphatic rings. The number of amides is 1. The van der Waals surface area contributed by atoms with Crippen LogP contribution in [-0.2, 0) is 26.7 Å². The number of fused-ring (bicyclic) bond motifs is 5. The van der Waals surface area contributed by atoms with Gasteiger partial charge in [0.2, 0.25) is 10.0 Å². The highest BCUT2D eigenvalue weighted by Gasteiger charge is 2.50. The predicted octanol–water partition coefficient (Wildman–Crippen LogP) is 5.12. The smallest absolute Gasteiger partial charge is 0.264 e. The number of Topliss-reactive ketones (excluding diaryl/α,β-unsaturated/α-hetero) is 1. The van der Waals surface area contributed by atoms with Crippen molar-refractivity contribution in [2.45, 2.75) is 101 Å². The summed E-state index contributed by atoms with van der Waals surface area (Å²) in [6, 6.07) is 11.9. The lowest BCUT2D eigenvalue weighted by molar-refractivity contribution is -0.119. The van der Waals surface area contributed by atoms with Crippen molar-refractivity contribution in [3.63, 3.8) is 0 Å². The molecule has 2 aliphatic carbocycles. The maximum Gasteiger partial charge on any atom is 0.264 e. The van der Waals surface area contributed by atoms with Crippen LogP contribution in [0.1, 0.15) is 93.6 Å². The van der Waals surface area contributed by atoms with Crippen LogP contribution in [0.2, 0.25) is 5.02 Å². The fourth-order valence-corrected chi connectivity index (χ4v) is 12.6. The first-order valence-corrected chi connectivity index (χ1v) is 23.4. The molecule has 0 radical (unpaired) electrons. The summed E-state index contributed by atoms with van der Waals surface area (Å²) in [5.74, 6) is 0.376. The Balaban J connectivity index is 1.11. The van der Waals surface area contributed by atoms with E-state index in [1.54, 1.807) is 19.9 Å². The molecule has 312 valence electrons. The van der Waals surface area contributed by atoms with Gasteiger partial charge in [0.1, 0.15) is 11.5 Å². The van der Waals surface area contributed by atoms with E-state index < -0.39 is 26.8 Å². The maximum atomic E-state index is 13.7. The molecule has 1 saturated carbocycles. The minimum absolute atomic E-state index is 0.0748. The lowest BCUT2D eigenvalue weighted by Gasteiger charge is -2.53. The number of benzene rings is 2. The van der Waals surface area contributed by atoms with Crippen LogP contribution in [0.15, 0.2) is 36.4 Å². The quantitative estimate of drug-likeness (QED) is 0.421. The monoisotopic (exact) mass is 823 g/mol. The lowest BCUT2D eigenvalue weighted by Crippen LogP contribution is -2.64. The molecule has 11 nitrogen and oxygen atoms in total. The molecule has 4 heterocycles. The lowest BCUT2D eigenvalue weighted by atomic mass is 9.62. The van der Waals surface area contributed by atoms with E-state index in [0.717, 1.165) is 88.6 Å². The fraction of sp³-hybridized carbons (Fsp3) is 0.682. The number of nitrogens with zero attached hydrogens (tertiary/aromatic N) is 4. The molecule has 8 rings (SSSR count). The Morgan fingerprint density at radius 3 is 2.54 bits per heavy atom. The molecule has 0 aromatic heterocycles. The van der Waals surface area contributed by atoms with Crippen LogP contribution >= 0.6 is 11.6 Å². The van der Waals surface area contributed by atoms with E-state index in [2.05, 4.69) is 36.5 Å². The molecule has 2 bridgehead atoms. The molecular weight excluding hydrogens is 762 g/mol. The first-order valence-electron chi connectivity index (χ1n) is 21.5. The highest BCUT2D eigenvalue weighted by molar-refractivity contribution is 7.90. The number of carbonyl (C=O) groups excluding carboxylic acids is 2. The minimum Gasteiger partial charge on any atom is -0.490 e. The number of carbonyl (C=O) groups is 2. The number of nitrogens with one attached hydrogen (secondary N) is 1. The third-order valence-electron chi connectivity index (χ3n) is 14.8. The van der Waals surface area contributed by atoms with E-state index in [1.165, 1.54) is 11.1 Å². The molecule has 1 unspecified atom stereocenters. The van der Waals surface area contributed by atoms with Gasteiger partial charge >= 0.3 is 0 Å². The van der Waals surface area contributed by atoms with Gasteiger partial charge in [0.05, 0.1) is 23.1 Å². The van der Waals surface area contributed by atoms with Crippen LogP contribution in [0.25, 0.3) is 0 Å². The van der Waals surface area contributed by atoms with E-state index in [-0.39, 0.29) is 34.5 Å². The first-order chi connectivity index (χ1) is 27.2. The zero-order valence-corrected chi connectivity index (χ0v) is 35.6. The van der Waals surface area contributed by atoms with Crippen LogP contribution in [0.4, 0.5) is 5.69 Å². The predicted molar refractivity (Wildman–Crippen MR) is 224 cm³/mol. The zero-order chi connectivity index (χ0) is 40.1. The Hall–Kier alpha value is -2.74. The van der Waals surface area contributed by atoms with Gasteiger partial charge in [-0.25, -0.2) is 13.1 Å². The molecule has 4 aliphatic heterocycles. The molecule has 1 amide bonds. The number of β-amino-alcohol motifs (C(OH)–C–C–N with tert-alkyl or cyclic N) is 1. The number of aryl methyl sites for hydroxylation is 1. The van der Waals surface area contributed by atoms with Crippen LogP contribution in [-0.4, -0.2) is 129 Å². The second-order valence-electron chi connectivity index (χ2n) is 18.6. The number of ether oxygens (including phenoxy) is 1. The summed E-state index contributed by atoms with van der Waals surface area (Å²) in [6.07, 6.45) is 7.37. The van der Waals surface area contributed by atoms with Gasteiger partial charge in [-0.15, -0.1) is 0 Å². The summed E-state index contributed by atoms with van der Waals surface area (Å²) >= 11 is 6.51. The van der Waals surface area contributed by atoms with Gasteiger partial charge in [-0.05, 0) is 118 Å². The van der Waals surface area contributed by atoms with Crippen molar-refractivity contribution < 1.29 is 27.9 Å². The molecule has 13 heteroatoms. The number of ketones is 1. The van der Waals surface area contributed by atoms with Gasteiger partial charge in [-0.1, -0.05) is 31.0 Å². The average molecular weight is 825 g/mol. The minimum atomic E-state index is -3.97. The van der Waals surface area contributed by atoms with Gasteiger partial charge in [-0.3, -0.25) is 19.4 Å². The number of halogens is 1. The number of sulfonamides is 1. The molecule has 2 aromatic carbocycles. The van der Waals surface area contributed by atoms with Gasteiger partial charge < -0.3 is 19.6 Å². The molecule has 2 aromatic rings. The summed E-state index contributed by atoms with van der Waals surface area (Å²) in [4.78, 5) is 35.3. The van der Waals surface area contributed by atoms with Crippen molar-refractivity contribution >= 4 is 39.0 Å². The SMILES string of the molecule is CC(=O)CCN1CCN2CCN(C[C@@]3(O)CCC[C@H](C)[C@@H](C)S(=O)(=O)NC(=O)c4ccc5c(c4)N(C[C@@H]4CC[C@H]43)C[C@@]3(CCCc4cc(Cl)ccc43)CO5)CC2C1. The van der Waals surface area contributed by atoms with Gasteiger partial charge in [-0.2, -0.15) is 0 Å². The molecule has 57 heavy (non-hydrogen) atoms. The van der Waals surface area contributed by atoms with E-state index >= 15 is 0 Å². The summed E-state index contributed by atoms with van der Waals surface area (Å²) in [5, 5.41) is 13.0. The maximum absolute atomic E-state index is 13.7. The standard InChI is InChI=1S/C44H62ClN5O6S/c1-30-6-4-16-44(53,28-48-19-21-49-20-18-47(17-14-31(2)51)25-37(49)26-48)39-11-8-35(39)24-50-27-43(15-5-7-33-22-36(45)10-12-38(33)43)29-56-41-13-9-34(23-40(41)50)42(52)46-57(54,55)32(30)3/h9-10,12-13,22-23,30,32,35,37,39,53H,4-8,11,14-21,24-29H2,1-3H3,(H,46,52)/t30-,32+,35-,37?,39+,43-,44-/m0/s1. The van der Waals surface area contributed by atoms with E-state index in [4.69, 9.17) is 16.3 Å². The van der Waals surface area contributed by atoms with Crippen molar-refractivity contribution in [2.24, 2.45) is 17.8 Å². The van der Waals surface area contributed by atoms with Crippen molar-refractivity contribution in [1.82, 2.24) is 19.4 Å². The van der Waals surface area contributed by atoms with Crippen molar-refractivity contribution in [2.75, 3.05) is 77.0 Å². The average Bonchev–Trinajstić information content (AvgIpc) is 3.31. The van der Waals surface area contributed by atoms with Crippen LogP contribution < -0.4 is 14.4 Å². The summed E-state index contributed by atoms with van der Waals surface area (Å²) in [6.45, 7) is 14.2. The summed E-state index contributed by atoms with van der Waals surface area (Å²) in [5.41, 5.74) is 2.34. The number of hydrogen-bond acceptors (Lipinski definition) is 10. The van der Waals surface area contributed by atoms with Crippen LogP contribution in [0.5, 0.6) is 5.75 Å². The van der Waals surface area contributed by atoms with Crippen molar-refractivity contribution in [3.05, 3.63) is 58.1 Å². The largest absolute Gasteiger partial charge is 0.490 e. The van der Waals surface area contributed by atoms with Gasteiger partial charge in [0.25, 0.3) is 5.91 Å². The molecule has 2 saturated heterocycles. The fourth-order valence-electron chi connectivity index (χ4n) is 11.1. The highest BCUT2D eigenvalue weighted by Crippen LogP contribution is 2.49. The van der Waals surface area contributed by atoms with E-state index in [1.807, 2.05) is 25.1 Å². The summed E-state index contributed by atoms with van der Waals surface area (Å²) in [7, 11) is -3.97. The molecule has 1 spiro atoms. The number of anilines is 1. The van der Waals surface area contributed by atoms with Crippen LogP contribution in [0, 0.1) is 17.8 Å². The third kappa shape index (κ3) is 8.51. The number of hydrogen-bond donors (Lipinski definition) is 2. The Labute approximate surface area is 344 Å². The number of aliphatic hydroxyl groups is 1. The van der Waals surface area contributed by atoms with Crippen LogP contribution in [0.3, 0.4) is 0 Å². The van der Waals surface area contributed by atoms with Crippen molar-refractivity contribution in [3.8, 4) is 5.75 Å². The Bertz CT molecular complexity index is 1950.